The zero-order chi connectivity index (χ0) is 11.9. The molecule has 1 N–H and O–H groups in total. The summed E-state index contributed by atoms with van der Waals surface area (Å²) >= 11 is 0. The Bertz CT molecular complexity index is 182. The number of hydrogen-bond donors (Lipinski definition) is 1. The van der Waals surface area contributed by atoms with Crippen LogP contribution in [0.4, 0.5) is 0 Å². The molecule has 0 unspecified atom stereocenters. The fraction of sp³-hybridized carbons (Fsp3) is 0.462. The van der Waals surface area contributed by atoms with E-state index in [2.05, 4.69) is 19.2 Å². The van der Waals surface area contributed by atoms with E-state index in [9.17, 15) is 4.79 Å². The van der Waals surface area contributed by atoms with E-state index < -0.39 is 0 Å². The van der Waals surface area contributed by atoms with Crippen LogP contribution in [-0.4, -0.2) is 12.5 Å². The van der Waals surface area contributed by atoms with Crippen LogP contribution in [0.2, 0.25) is 0 Å². The predicted molar refractivity (Wildman–Crippen MR) is 66.8 cm³/mol. The van der Waals surface area contributed by atoms with Gasteiger partial charge in [0, 0.05) is 13.5 Å². The van der Waals surface area contributed by atoms with E-state index in [-0.39, 0.29) is 5.91 Å². The van der Waals surface area contributed by atoms with Gasteiger partial charge in [-0.2, -0.15) is 0 Å². The summed E-state index contributed by atoms with van der Waals surface area (Å²) in [5.41, 5.74) is 0. The van der Waals surface area contributed by atoms with Gasteiger partial charge in [0.1, 0.15) is 0 Å². The van der Waals surface area contributed by atoms with Gasteiger partial charge in [-0.15, -0.1) is 0 Å². The molecule has 0 aliphatic rings. The molecule has 1 rings (SSSR count). The molecular formula is C13H23NO. The van der Waals surface area contributed by atoms with Crippen molar-refractivity contribution >= 4 is 5.91 Å². The standard InChI is InChI=1S/C6H6.C4H9NO.C3H8/c1-2-4-6-5-3-1;1-3-5-4(2)6;1-3-2/h1-6H;3H2,1-2H3,(H,5,6);3H2,1-2H3. The second-order valence-electron chi connectivity index (χ2n) is 2.95. The maximum atomic E-state index is 9.93. The van der Waals surface area contributed by atoms with Crippen molar-refractivity contribution in [2.45, 2.75) is 34.1 Å². The Morgan fingerprint density at radius 3 is 1.27 bits per heavy atom. The van der Waals surface area contributed by atoms with E-state index in [0.29, 0.717) is 0 Å². The number of nitrogens with one attached hydrogen (secondary N) is 1. The van der Waals surface area contributed by atoms with Crippen molar-refractivity contribution < 1.29 is 4.79 Å². The molecule has 2 heteroatoms. The number of amides is 1. The summed E-state index contributed by atoms with van der Waals surface area (Å²) in [6.07, 6.45) is 1.25. The molecule has 0 saturated carbocycles. The van der Waals surface area contributed by atoms with Crippen LogP contribution in [0.5, 0.6) is 0 Å². The number of rotatable bonds is 1. The molecule has 0 spiro atoms. The summed E-state index contributed by atoms with van der Waals surface area (Å²) in [7, 11) is 0. The zero-order valence-electron chi connectivity index (χ0n) is 10.3. The van der Waals surface area contributed by atoms with Gasteiger partial charge < -0.3 is 5.32 Å². The highest BCUT2D eigenvalue weighted by molar-refractivity contribution is 5.72. The van der Waals surface area contributed by atoms with Gasteiger partial charge in [-0.25, -0.2) is 0 Å². The summed E-state index contributed by atoms with van der Waals surface area (Å²) in [5.74, 6) is 0.0394. The van der Waals surface area contributed by atoms with Gasteiger partial charge in [0.15, 0.2) is 0 Å². The van der Waals surface area contributed by atoms with E-state index >= 15 is 0 Å². The summed E-state index contributed by atoms with van der Waals surface area (Å²) in [6, 6.07) is 12.0. The topological polar surface area (TPSA) is 29.1 Å². The average molecular weight is 209 g/mol. The first-order valence-electron chi connectivity index (χ1n) is 5.43. The van der Waals surface area contributed by atoms with E-state index in [4.69, 9.17) is 0 Å². The second kappa shape index (κ2) is 15.2. The molecule has 0 radical (unpaired) electrons. The third kappa shape index (κ3) is 24.5. The van der Waals surface area contributed by atoms with Crippen LogP contribution in [0.1, 0.15) is 34.1 Å². The Morgan fingerprint density at radius 2 is 1.20 bits per heavy atom. The third-order valence-corrected chi connectivity index (χ3v) is 1.09. The van der Waals surface area contributed by atoms with Crippen LogP contribution < -0.4 is 5.32 Å². The summed E-state index contributed by atoms with van der Waals surface area (Å²) in [5, 5.41) is 2.57. The zero-order valence-corrected chi connectivity index (χ0v) is 10.3. The van der Waals surface area contributed by atoms with Crippen LogP contribution in [0.15, 0.2) is 36.4 Å². The largest absolute Gasteiger partial charge is 0.357 e. The highest BCUT2D eigenvalue weighted by Crippen LogP contribution is 1.79. The highest BCUT2D eigenvalue weighted by Gasteiger charge is 1.78. The highest BCUT2D eigenvalue weighted by atomic mass is 16.1. The van der Waals surface area contributed by atoms with Crippen molar-refractivity contribution in [3.05, 3.63) is 36.4 Å². The van der Waals surface area contributed by atoms with Crippen molar-refractivity contribution in [3.8, 4) is 0 Å². The molecule has 1 aromatic carbocycles. The molecule has 0 aliphatic carbocycles. The number of carbonyl (C=O) groups is 1. The van der Waals surface area contributed by atoms with Crippen molar-refractivity contribution in [2.75, 3.05) is 6.54 Å². The molecule has 0 heterocycles. The minimum Gasteiger partial charge on any atom is -0.357 e. The maximum absolute atomic E-state index is 9.93. The number of carbonyl (C=O) groups excluding carboxylic acids is 1. The molecule has 0 atom stereocenters. The molecule has 1 amide bonds. The van der Waals surface area contributed by atoms with Crippen LogP contribution in [0, 0.1) is 0 Å². The van der Waals surface area contributed by atoms with Crippen molar-refractivity contribution in [2.24, 2.45) is 0 Å². The lowest BCUT2D eigenvalue weighted by Crippen LogP contribution is -2.18. The van der Waals surface area contributed by atoms with Gasteiger partial charge in [0.25, 0.3) is 0 Å². The number of hydrogen-bond acceptors (Lipinski definition) is 1. The van der Waals surface area contributed by atoms with Crippen LogP contribution >= 0.6 is 0 Å². The van der Waals surface area contributed by atoms with E-state index in [1.165, 1.54) is 13.3 Å². The third-order valence-electron chi connectivity index (χ3n) is 1.09. The summed E-state index contributed by atoms with van der Waals surface area (Å²) in [4.78, 5) is 9.93. The predicted octanol–water partition coefficient (Wildman–Crippen LogP) is 3.25. The fourth-order valence-electron chi connectivity index (χ4n) is 0.634. The minimum absolute atomic E-state index is 0.0394. The Balaban J connectivity index is 0. The first-order chi connectivity index (χ1) is 7.18. The van der Waals surface area contributed by atoms with Gasteiger partial charge in [-0.3, -0.25) is 4.79 Å². The summed E-state index contributed by atoms with van der Waals surface area (Å²) < 4.78 is 0. The normalized spacial score (nSPS) is 7.47. The lowest BCUT2D eigenvalue weighted by atomic mass is 10.4. The van der Waals surface area contributed by atoms with Gasteiger partial charge >= 0.3 is 0 Å². The SMILES string of the molecule is CCC.CCNC(C)=O.c1ccccc1. The molecule has 0 aromatic heterocycles. The Kier molecular flexibility index (Phi) is 16.3. The Morgan fingerprint density at radius 1 is 0.933 bits per heavy atom. The van der Waals surface area contributed by atoms with Gasteiger partial charge in [-0.05, 0) is 6.92 Å². The molecule has 1 aromatic rings. The van der Waals surface area contributed by atoms with Crippen molar-refractivity contribution in [1.29, 1.82) is 0 Å². The van der Waals surface area contributed by atoms with Crippen molar-refractivity contribution in [1.82, 2.24) is 5.32 Å². The fourth-order valence-corrected chi connectivity index (χ4v) is 0.634. The molecule has 0 bridgehead atoms. The first-order valence-corrected chi connectivity index (χ1v) is 5.43. The second-order valence-corrected chi connectivity index (χ2v) is 2.95. The molecular weight excluding hydrogens is 186 g/mol. The van der Waals surface area contributed by atoms with Gasteiger partial charge in [0.05, 0.1) is 0 Å². The molecule has 0 fully saturated rings. The lowest BCUT2D eigenvalue weighted by Gasteiger charge is -1.88. The number of benzene rings is 1. The Labute approximate surface area is 93.7 Å². The molecule has 2 nitrogen and oxygen atoms in total. The van der Waals surface area contributed by atoms with E-state index in [0.717, 1.165) is 6.54 Å². The first kappa shape index (κ1) is 16.1. The lowest BCUT2D eigenvalue weighted by molar-refractivity contribution is -0.118. The molecule has 15 heavy (non-hydrogen) atoms. The molecule has 0 saturated heterocycles. The van der Waals surface area contributed by atoms with Crippen LogP contribution in [0.25, 0.3) is 0 Å². The quantitative estimate of drug-likeness (QED) is 0.756. The van der Waals surface area contributed by atoms with E-state index in [1.807, 2.05) is 43.3 Å². The monoisotopic (exact) mass is 209 g/mol. The summed E-state index contributed by atoms with van der Waals surface area (Å²) in [6.45, 7) is 8.38. The molecule has 0 aliphatic heterocycles. The van der Waals surface area contributed by atoms with Gasteiger partial charge in [-0.1, -0.05) is 56.7 Å². The smallest absolute Gasteiger partial charge is 0.216 e. The minimum atomic E-state index is 0.0394. The Hall–Kier alpha value is -1.31. The maximum Gasteiger partial charge on any atom is 0.216 e. The van der Waals surface area contributed by atoms with Gasteiger partial charge in [0.2, 0.25) is 5.91 Å². The average Bonchev–Trinajstić information content (AvgIpc) is 2.22. The molecule has 86 valence electrons. The van der Waals surface area contributed by atoms with E-state index in [1.54, 1.807) is 0 Å². The van der Waals surface area contributed by atoms with Crippen LogP contribution in [0.3, 0.4) is 0 Å². The van der Waals surface area contributed by atoms with Crippen LogP contribution in [-0.2, 0) is 4.79 Å². The van der Waals surface area contributed by atoms with Crippen molar-refractivity contribution in [3.63, 3.8) is 0 Å².